The molecule has 3 atom stereocenters. The molecule has 7 nitrogen and oxygen atoms in total. The van der Waals surface area contributed by atoms with Gasteiger partial charge in [-0.2, -0.15) is 18.2 Å². The largest absolute Gasteiger partial charge is 0.416 e. The molecule has 1 N–H and O–H groups in total. The second kappa shape index (κ2) is 8.36. The molecule has 192 valence electrons. The van der Waals surface area contributed by atoms with Gasteiger partial charge in [-0.15, -0.1) is 0 Å². The summed E-state index contributed by atoms with van der Waals surface area (Å²) in [5, 5.41) is 8.11. The minimum Gasteiger partial charge on any atom is -0.350 e. The molecule has 4 heterocycles. The smallest absolute Gasteiger partial charge is 0.350 e. The first-order chi connectivity index (χ1) is 17.6. The maximum Gasteiger partial charge on any atom is 0.416 e. The molecule has 2 saturated heterocycles. The van der Waals surface area contributed by atoms with Crippen molar-refractivity contribution in [2.24, 2.45) is 13.0 Å². The van der Waals surface area contributed by atoms with Crippen molar-refractivity contribution in [3.63, 3.8) is 0 Å². The van der Waals surface area contributed by atoms with Crippen LogP contribution in [-0.2, 0) is 18.6 Å². The first kappa shape index (κ1) is 23.6. The summed E-state index contributed by atoms with van der Waals surface area (Å²) in [6, 6.07) is 12.0. The number of hydrogen-bond donors (Lipinski definition) is 1. The summed E-state index contributed by atoms with van der Waals surface area (Å²) in [6.07, 6.45) is 0.158. The van der Waals surface area contributed by atoms with Crippen LogP contribution in [-0.4, -0.2) is 38.2 Å². The number of piperidine rings is 2. The number of fused-ring (bicyclic) bond motifs is 4. The molecule has 1 aliphatic carbocycles. The summed E-state index contributed by atoms with van der Waals surface area (Å²) in [5.74, 6) is 1.27. The Labute approximate surface area is 211 Å². The molecule has 4 aromatic rings. The van der Waals surface area contributed by atoms with E-state index in [-0.39, 0.29) is 18.0 Å². The van der Waals surface area contributed by atoms with Crippen LogP contribution in [0.5, 0.6) is 0 Å². The van der Waals surface area contributed by atoms with Gasteiger partial charge in [0.2, 0.25) is 11.7 Å². The van der Waals surface area contributed by atoms with Gasteiger partial charge >= 0.3 is 12.2 Å². The lowest BCUT2D eigenvalue weighted by atomic mass is 9.63. The van der Waals surface area contributed by atoms with Crippen LogP contribution in [0.1, 0.15) is 37.6 Å². The van der Waals surface area contributed by atoms with Crippen molar-refractivity contribution >= 4 is 22.6 Å². The van der Waals surface area contributed by atoms with Gasteiger partial charge in [-0.25, -0.2) is 4.79 Å². The zero-order chi connectivity index (χ0) is 25.9. The minimum atomic E-state index is -4.43. The topological polar surface area (TPSA) is 76.2 Å². The molecule has 2 aromatic heterocycles. The van der Waals surface area contributed by atoms with Crippen molar-refractivity contribution < 1.29 is 22.5 Å². The molecule has 0 spiro atoms. The number of halogens is 3. The zero-order valence-corrected chi connectivity index (χ0v) is 20.4. The second-order valence-electron chi connectivity index (χ2n) is 10.3. The average Bonchev–Trinajstić information content (AvgIpc) is 3.50. The van der Waals surface area contributed by atoms with E-state index in [0.29, 0.717) is 23.9 Å². The number of amides is 2. The van der Waals surface area contributed by atoms with Crippen LogP contribution in [0.25, 0.3) is 22.3 Å². The van der Waals surface area contributed by atoms with Gasteiger partial charge in [-0.1, -0.05) is 23.4 Å². The van der Waals surface area contributed by atoms with E-state index in [4.69, 9.17) is 9.51 Å². The number of hydrogen-bond acceptors (Lipinski definition) is 4. The van der Waals surface area contributed by atoms with Gasteiger partial charge in [0.1, 0.15) is 0 Å². The van der Waals surface area contributed by atoms with Crippen molar-refractivity contribution in [2.45, 2.75) is 43.8 Å². The summed E-state index contributed by atoms with van der Waals surface area (Å²) in [6.45, 7) is 2.64. The molecule has 3 fully saturated rings. The Balaban J connectivity index is 1.26. The van der Waals surface area contributed by atoms with Crippen LogP contribution in [0, 0.1) is 5.92 Å². The third kappa shape index (κ3) is 3.95. The van der Waals surface area contributed by atoms with Crippen molar-refractivity contribution in [1.29, 1.82) is 0 Å². The lowest BCUT2D eigenvalue weighted by Gasteiger charge is -2.53. The Kier molecular flexibility index (Phi) is 5.32. The molecule has 0 radical (unpaired) electrons. The van der Waals surface area contributed by atoms with Gasteiger partial charge in [0.15, 0.2) is 0 Å². The van der Waals surface area contributed by atoms with Crippen molar-refractivity contribution in [1.82, 2.24) is 19.6 Å². The number of urea groups is 1. The van der Waals surface area contributed by atoms with Crippen LogP contribution >= 0.6 is 0 Å². The van der Waals surface area contributed by atoms with Crippen molar-refractivity contribution in [2.75, 3.05) is 11.9 Å². The van der Waals surface area contributed by atoms with Gasteiger partial charge in [0.25, 0.3) is 0 Å². The Morgan fingerprint density at radius 2 is 1.89 bits per heavy atom. The lowest BCUT2D eigenvalue weighted by molar-refractivity contribution is -0.137. The molecule has 2 amide bonds. The number of nitrogens with one attached hydrogen (secondary N) is 1. The lowest BCUT2D eigenvalue weighted by Crippen LogP contribution is -2.62. The highest BCUT2D eigenvalue weighted by molar-refractivity contribution is 5.94. The number of nitrogens with zero attached hydrogens (tertiary/aromatic N) is 4. The van der Waals surface area contributed by atoms with Gasteiger partial charge in [0.05, 0.1) is 11.0 Å². The predicted molar refractivity (Wildman–Crippen MR) is 132 cm³/mol. The number of rotatable bonds is 3. The number of para-hydroxylation sites is 1. The van der Waals surface area contributed by atoms with Crippen LogP contribution in [0.4, 0.5) is 23.7 Å². The van der Waals surface area contributed by atoms with Crippen molar-refractivity contribution in [3.05, 3.63) is 66.2 Å². The third-order valence-corrected chi connectivity index (χ3v) is 7.90. The second-order valence-corrected chi connectivity index (χ2v) is 10.3. The zero-order valence-electron chi connectivity index (χ0n) is 20.4. The van der Waals surface area contributed by atoms with Gasteiger partial charge in [0, 0.05) is 48.0 Å². The van der Waals surface area contributed by atoms with E-state index in [1.807, 2.05) is 42.1 Å². The molecular weight excluding hydrogens is 483 g/mol. The highest BCUT2D eigenvalue weighted by atomic mass is 19.4. The average molecular weight is 510 g/mol. The van der Waals surface area contributed by atoms with Crippen LogP contribution in [0.2, 0.25) is 0 Å². The Morgan fingerprint density at radius 1 is 1.14 bits per heavy atom. The maximum atomic E-state index is 13.3. The molecule has 2 aliphatic heterocycles. The number of anilines is 1. The third-order valence-electron chi connectivity index (χ3n) is 7.90. The molecule has 2 bridgehead atoms. The Morgan fingerprint density at radius 3 is 2.62 bits per heavy atom. The Hall–Kier alpha value is -3.82. The number of alkyl halides is 3. The number of benzene rings is 2. The normalized spacial score (nSPS) is 23.5. The van der Waals surface area contributed by atoms with E-state index in [0.717, 1.165) is 47.9 Å². The standard InChI is InChI=1S/C27H26F3N5O2/c1-26(24-32-23(33-37-24)20-15-34(2)21-6-4-3-5-19(20)21)13-16-7-12-22(26)35(14-16)25(36)31-18-10-8-17(9-11-18)27(28,29)30/h3-6,8-11,15-16,22H,7,12-14H2,1-2H3,(H,31,36). The van der Waals surface area contributed by atoms with Gasteiger partial charge in [-0.3, -0.25) is 0 Å². The molecule has 7 rings (SSSR count). The fraction of sp³-hybridized carbons (Fsp3) is 0.370. The van der Waals surface area contributed by atoms with Crippen LogP contribution in [0.3, 0.4) is 0 Å². The van der Waals surface area contributed by atoms with E-state index in [2.05, 4.69) is 17.4 Å². The summed E-state index contributed by atoms with van der Waals surface area (Å²) in [5.41, 5.74) is 0.979. The summed E-state index contributed by atoms with van der Waals surface area (Å²) in [7, 11) is 1.97. The van der Waals surface area contributed by atoms with Crippen LogP contribution in [0.15, 0.2) is 59.3 Å². The molecule has 3 unspecified atom stereocenters. The van der Waals surface area contributed by atoms with E-state index < -0.39 is 17.2 Å². The SMILES string of the molecule is Cn1cc(-c2noc(C3(C)CC4CCC3N(C(=O)Nc3ccc(C(F)(F)F)cc3)C4)n2)c2ccccc21. The van der Waals surface area contributed by atoms with Crippen molar-refractivity contribution in [3.8, 4) is 11.4 Å². The maximum absolute atomic E-state index is 13.3. The number of carbonyl (C=O) groups is 1. The van der Waals surface area contributed by atoms with E-state index >= 15 is 0 Å². The predicted octanol–water partition coefficient (Wildman–Crippen LogP) is 6.22. The molecule has 10 heteroatoms. The first-order valence-electron chi connectivity index (χ1n) is 12.3. The highest BCUT2D eigenvalue weighted by Crippen LogP contribution is 2.49. The molecular formula is C27H26F3N5O2. The van der Waals surface area contributed by atoms with E-state index in [1.54, 1.807) is 4.90 Å². The summed E-state index contributed by atoms with van der Waals surface area (Å²) < 4.78 is 46.5. The molecule has 3 aliphatic rings. The van der Waals surface area contributed by atoms with E-state index in [1.165, 1.54) is 12.1 Å². The minimum absolute atomic E-state index is 0.173. The molecule has 2 aromatic carbocycles. The van der Waals surface area contributed by atoms with Gasteiger partial charge < -0.3 is 19.3 Å². The van der Waals surface area contributed by atoms with Gasteiger partial charge in [-0.05, 0) is 62.4 Å². The summed E-state index contributed by atoms with van der Waals surface area (Å²) >= 11 is 0. The fourth-order valence-electron chi connectivity index (χ4n) is 6.09. The monoisotopic (exact) mass is 509 g/mol. The Bertz CT molecular complexity index is 1480. The number of carbonyl (C=O) groups excluding carboxylic acids is 1. The van der Waals surface area contributed by atoms with E-state index in [9.17, 15) is 18.0 Å². The summed E-state index contributed by atoms with van der Waals surface area (Å²) in [4.78, 5) is 19.8. The fourth-order valence-corrected chi connectivity index (χ4v) is 6.09. The molecule has 1 saturated carbocycles. The molecule has 37 heavy (non-hydrogen) atoms. The highest BCUT2D eigenvalue weighted by Gasteiger charge is 2.53. The number of aromatic nitrogens is 3. The van der Waals surface area contributed by atoms with Crippen LogP contribution < -0.4 is 5.32 Å². The number of aryl methyl sites for hydroxylation is 1. The quantitative estimate of drug-likeness (QED) is 0.356. The first-order valence-corrected chi connectivity index (χ1v) is 12.3.